The second-order valence-corrected chi connectivity index (χ2v) is 5.40. The Bertz CT molecular complexity index is 494. The van der Waals surface area contributed by atoms with E-state index in [4.69, 9.17) is 10.5 Å². The van der Waals surface area contributed by atoms with Crippen molar-refractivity contribution in [1.29, 1.82) is 0 Å². The Labute approximate surface area is 122 Å². The number of nitrogens with two attached hydrogens (primary N) is 1. The van der Waals surface area contributed by atoms with Gasteiger partial charge in [0.1, 0.15) is 5.75 Å². The Hall–Kier alpha value is -1.89. The summed E-state index contributed by atoms with van der Waals surface area (Å²) in [5, 5.41) is 4.34. The van der Waals surface area contributed by atoms with Crippen LogP contribution in [0, 0.1) is 0 Å². The van der Waals surface area contributed by atoms with Crippen LogP contribution in [0.2, 0.25) is 0 Å². The fourth-order valence-corrected chi connectivity index (χ4v) is 2.40. The average molecular weight is 297 g/mol. The predicted octanol–water partition coefficient (Wildman–Crippen LogP) is 1.60. The molecule has 0 saturated heterocycles. The molecule has 20 heavy (non-hydrogen) atoms. The van der Waals surface area contributed by atoms with Crippen molar-refractivity contribution in [2.45, 2.75) is 24.0 Å². The van der Waals surface area contributed by atoms with E-state index in [2.05, 4.69) is 10.6 Å². The molecule has 1 aromatic rings. The monoisotopic (exact) mass is 297 g/mol. The van der Waals surface area contributed by atoms with Crippen molar-refractivity contribution >= 4 is 29.4 Å². The summed E-state index contributed by atoms with van der Waals surface area (Å²) in [5.41, 5.74) is 6.26. The molecule has 0 bridgehead atoms. The lowest BCUT2D eigenvalue weighted by Gasteiger charge is -2.14. The quantitative estimate of drug-likeness (QED) is 0.567. The van der Waals surface area contributed by atoms with E-state index in [-0.39, 0.29) is 5.91 Å². The summed E-state index contributed by atoms with van der Waals surface area (Å²) in [5.74, 6) is 0.243. The number of hydrogen-bond donors (Lipinski definition) is 3. The molecular weight excluding hydrogens is 278 g/mol. The summed E-state index contributed by atoms with van der Waals surface area (Å²) < 4.78 is 5.21. The Balaban J connectivity index is 2.68. The van der Waals surface area contributed by atoms with Gasteiger partial charge in [-0.3, -0.25) is 10.1 Å². The number of ether oxygens (including phenoxy) is 1. The van der Waals surface area contributed by atoms with E-state index in [1.54, 1.807) is 32.0 Å². The first-order valence-electron chi connectivity index (χ1n) is 6.16. The zero-order valence-electron chi connectivity index (χ0n) is 11.7. The summed E-state index contributed by atoms with van der Waals surface area (Å²) in [6, 6.07) is 4.72. The van der Waals surface area contributed by atoms with Crippen LogP contribution in [-0.2, 0) is 4.79 Å². The molecule has 6 nitrogen and oxygen atoms in total. The van der Waals surface area contributed by atoms with Crippen LogP contribution >= 0.6 is 11.8 Å². The molecule has 0 aliphatic carbocycles. The lowest BCUT2D eigenvalue weighted by atomic mass is 10.3. The number of rotatable bonds is 5. The molecule has 3 amide bonds. The van der Waals surface area contributed by atoms with Gasteiger partial charge in [0.15, 0.2) is 0 Å². The molecule has 110 valence electrons. The Morgan fingerprint density at radius 1 is 1.45 bits per heavy atom. The Morgan fingerprint density at radius 2 is 2.15 bits per heavy atom. The van der Waals surface area contributed by atoms with Crippen LogP contribution in [0.3, 0.4) is 0 Å². The first kappa shape index (κ1) is 16.2. The number of urea groups is 1. The lowest BCUT2D eigenvalue weighted by Crippen LogP contribution is -2.42. The average Bonchev–Trinajstić information content (AvgIpc) is 2.40. The highest BCUT2D eigenvalue weighted by Crippen LogP contribution is 2.33. The zero-order chi connectivity index (χ0) is 15.1. The topological polar surface area (TPSA) is 93.5 Å². The summed E-state index contributed by atoms with van der Waals surface area (Å²) in [6.45, 7) is 3.96. The third kappa shape index (κ3) is 4.65. The van der Waals surface area contributed by atoms with Crippen LogP contribution in [0.4, 0.5) is 10.5 Å². The van der Waals surface area contributed by atoms with E-state index in [1.807, 2.05) is 0 Å². The molecule has 1 unspecified atom stereocenters. The van der Waals surface area contributed by atoms with Gasteiger partial charge in [-0.2, -0.15) is 0 Å². The molecule has 1 aromatic carbocycles. The molecule has 7 heteroatoms. The molecule has 4 N–H and O–H groups in total. The number of anilines is 1. The minimum absolute atomic E-state index is 0.361. The Morgan fingerprint density at radius 3 is 2.75 bits per heavy atom. The largest absolute Gasteiger partial charge is 0.496 e. The summed E-state index contributed by atoms with van der Waals surface area (Å²) in [4.78, 5) is 23.9. The lowest BCUT2D eigenvalue weighted by molar-refractivity contribution is -0.119. The second-order valence-electron chi connectivity index (χ2n) is 4.02. The maximum Gasteiger partial charge on any atom is 0.321 e. The molecule has 1 atom stereocenters. The molecule has 0 aromatic heterocycles. The molecule has 0 heterocycles. The van der Waals surface area contributed by atoms with Gasteiger partial charge in [-0.1, -0.05) is 0 Å². The number of methoxy groups -OCH3 is 1. The first-order valence-corrected chi connectivity index (χ1v) is 7.04. The van der Waals surface area contributed by atoms with Crippen LogP contribution in [0.25, 0.3) is 0 Å². The summed E-state index contributed by atoms with van der Waals surface area (Å²) >= 11 is 1.30. The van der Waals surface area contributed by atoms with Crippen molar-refractivity contribution in [2.75, 3.05) is 19.4 Å². The van der Waals surface area contributed by atoms with Gasteiger partial charge >= 0.3 is 6.03 Å². The summed E-state index contributed by atoms with van der Waals surface area (Å²) in [7, 11) is 1.54. The number of nitrogens with one attached hydrogen (secondary N) is 2. The van der Waals surface area contributed by atoms with E-state index in [0.717, 1.165) is 4.90 Å². The van der Waals surface area contributed by atoms with Gasteiger partial charge in [-0.15, -0.1) is 11.8 Å². The van der Waals surface area contributed by atoms with Gasteiger partial charge in [-0.05, 0) is 26.0 Å². The maximum atomic E-state index is 11.8. The Kier molecular flexibility index (Phi) is 6.17. The normalized spacial score (nSPS) is 11.6. The van der Waals surface area contributed by atoms with Crippen LogP contribution in [-0.4, -0.2) is 30.8 Å². The molecular formula is C13H19N3O3S. The standard InChI is InChI=1S/C13H19N3O3S/c1-4-15-13(18)16-12(17)8(2)20-11-6-5-9(14)7-10(11)19-3/h5-8H,4,14H2,1-3H3,(H2,15,16,17,18). The van der Waals surface area contributed by atoms with Gasteiger partial charge in [0.2, 0.25) is 5.91 Å². The van der Waals surface area contributed by atoms with Crippen LogP contribution in [0.15, 0.2) is 23.1 Å². The highest BCUT2D eigenvalue weighted by molar-refractivity contribution is 8.00. The van der Waals surface area contributed by atoms with Crippen molar-refractivity contribution in [3.63, 3.8) is 0 Å². The number of nitrogen functional groups attached to an aromatic ring is 1. The van der Waals surface area contributed by atoms with Crippen molar-refractivity contribution in [3.05, 3.63) is 18.2 Å². The number of carbonyl (C=O) groups is 2. The van der Waals surface area contributed by atoms with Crippen LogP contribution in [0.5, 0.6) is 5.75 Å². The van der Waals surface area contributed by atoms with E-state index in [1.165, 1.54) is 18.9 Å². The van der Waals surface area contributed by atoms with Gasteiger partial charge in [-0.25, -0.2) is 4.79 Å². The van der Waals surface area contributed by atoms with Gasteiger partial charge in [0.25, 0.3) is 0 Å². The van der Waals surface area contributed by atoms with Gasteiger partial charge in [0, 0.05) is 18.3 Å². The minimum atomic E-state index is -0.491. The number of thioether (sulfide) groups is 1. The van der Waals surface area contributed by atoms with Crippen LogP contribution in [0.1, 0.15) is 13.8 Å². The molecule has 1 rings (SSSR count). The summed E-state index contributed by atoms with van der Waals surface area (Å²) in [6.07, 6.45) is 0. The van der Waals surface area contributed by atoms with E-state index in [0.29, 0.717) is 18.0 Å². The van der Waals surface area contributed by atoms with E-state index < -0.39 is 11.3 Å². The third-order valence-corrected chi connectivity index (χ3v) is 3.59. The molecule has 0 fully saturated rings. The van der Waals surface area contributed by atoms with Crippen molar-refractivity contribution < 1.29 is 14.3 Å². The highest BCUT2D eigenvalue weighted by Gasteiger charge is 2.18. The number of benzene rings is 1. The third-order valence-electron chi connectivity index (χ3n) is 2.43. The van der Waals surface area contributed by atoms with Crippen molar-refractivity contribution in [1.82, 2.24) is 10.6 Å². The zero-order valence-corrected chi connectivity index (χ0v) is 12.5. The minimum Gasteiger partial charge on any atom is -0.496 e. The fourth-order valence-electron chi connectivity index (χ4n) is 1.44. The van der Waals surface area contributed by atoms with Crippen molar-refractivity contribution in [3.8, 4) is 5.75 Å². The number of carbonyl (C=O) groups excluding carboxylic acids is 2. The number of imide groups is 1. The molecule has 0 aliphatic heterocycles. The smallest absolute Gasteiger partial charge is 0.321 e. The number of amides is 3. The van der Waals surface area contributed by atoms with Crippen molar-refractivity contribution in [2.24, 2.45) is 0 Å². The fraction of sp³-hybridized carbons (Fsp3) is 0.385. The second kappa shape index (κ2) is 7.64. The molecule has 0 aliphatic rings. The highest BCUT2D eigenvalue weighted by atomic mass is 32.2. The number of hydrogen-bond acceptors (Lipinski definition) is 5. The van der Waals surface area contributed by atoms with E-state index >= 15 is 0 Å². The molecule has 0 spiro atoms. The maximum absolute atomic E-state index is 11.8. The SMILES string of the molecule is CCNC(=O)NC(=O)C(C)Sc1ccc(N)cc1OC. The predicted molar refractivity (Wildman–Crippen MR) is 79.9 cm³/mol. The molecule has 0 radical (unpaired) electrons. The first-order chi connectivity index (χ1) is 9.47. The van der Waals surface area contributed by atoms with E-state index in [9.17, 15) is 9.59 Å². The van der Waals surface area contributed by atoms with Crippen LogP contribution < -0.4 is 21.1 Å². The molecule has 0 saturated carbocycles. The van der Waals surface area contributed by atoms with Gasteiger partial charge < -0.3 is 15.8 Å². The van der Waals surface area contributed by atoms with Gasteiger partial charge in [0.05, 0.1) is 17.3 Å².